The number of hydrogen-bond acceptors (Lipinski definition) is 2. The van der Waals surface area contributed by atoms with Crippen LogP contribution in [-0.2, 0) is 13.0 Å². The summed E-state index contributed by atoms with van der Waals surface area (Å²) in [6, 6.07) is 8.89. The standard InChI is InChI=1S/C16H14IN5/c17-16-20-14-4-3-13-12(6-7-18-13)15(14)22(16)11-2-1-10-5-8-19-21(10)9-11/h3-8,11,18H,1-2,9H2. The second-order valence-corrected chi connectivity index (χ2v) is 6.79. The molecule has 6 heteroatoms. The van der Waals surface area contributed by atoms with Crippen LogP contribution < -0.4 is 0 Å². The molecule has 22 heavy (non-hydrogen) atoms. The fraction of sp³-hybridized carbons (Fsp3) is 0.250. The first-order valence-corrected chi connectivity index (χ1v) is 8.53. The highest BCUT2D eigenvalue weighted by Crippen LogP contribution is 2.33. The number of fused-ring (bicyclic) bond motifs is 4. The predicted molar refractivity (Wildman–Crippen MR) is 93.9 cm³/mol. The molecule has 0 bridgehead atoms. The van der Waals surface area contributed by atoms with Crippen molar-refractivity contribution < 1.29 is 0 Å². The summed E-state index contributed by atoms with van der Waals surface area (Å²) >= 11 is 2.36. The molecule has 1 aliphatic heterocycles. The molecule has 1 atom stereocenters. The molecular formula is C16H14IN5. The second-order valence-electron chi connectivity index (χ2n) is 5.82. The highest BCUT2D eigenvalue weighted by molar-refractivity contribution is 14.1. The summed E-state index contributed by atoms with van der Waals surface area (Å²) in [5.41, 5.74) is 4.81. The highest BCUT2D eigenvalue weighted by atomic mass is 127. The van der Waals surface area contributed by atoms with Crippen molar-refractivity contribution in [3.63, 3.8) is 0 Å². The molecule has 5 nitrogen and oxygen atoms in total. The van der Waals surface area contributed by atoms with E-state index in [0.29, 0.717) is 6.04 Å². The van der Waals surface area contributed by atoms with E-state index in [1.54, 1.807) is 0 Å². The van der Waals surface area contributed by atoms with E-state index in [2.05, 4.69) is 66.2 Å². The minimum absolute atomic E-state index is 0.407. The number of nitrogens with zero attached hydrogens (tertiary/aromatic N) is 4. The summed E-state index contributed by atoms with van der Waals surface area (Å²) in [6.45, 7) is 0.921. The Balaban J connectivity index is 1.74. The van der Waals surface area contributed by atoms with Gasteiger partial charge in [0.05, 0.1) is 23.6 Å². The van der Waals surface area contributed by atoms with Gasteiger partial charge in [0, 0.05) is 29.0 Å². The van der Waals surface area contributed by atoms with E-state index in [0.717, 1.165) is 28.7 Å². The Labute approximate surface area is 140 Å². The summed E-state index contributed by atoms with van der Waals surface area (Å²) in [4.78, 5) is 8.07. The number of aryl methyl sites for hydroxylation is 1. The molecule has 1 aromatic carbocycles. The molecule has 4 heterocycles. The molecule has 0 radical (unpaired) electrons. The molecule has 0 amide bonds. The number of halogens is 1. The van der Waals surface area contributed by atoms with E-state index >= 15 is 0 Å². The average Bonchev–Trinajstić information content (AvgIpc) is 3.22. The summed E-state index contributed by atoms with van der Waals surface area (Å²) in [5.74, 6) is 0. The average molecular weight is 403 g/mol. The Bertz CT molecular complexity index is 993. The van der Waals surface area contributed by atoms with Gasteiger partial charge in [-0.25, -0.2) is 4.98 Å². The molecule has 4 aromatic rings. The van der Waals surface area contributed by atoms with Gasteiger partial charge in [0.15, 0.2) is 3.83 Å². The van der Waals surface area contributed by atoms with Gasteiger partial charge in [-0.3, -0.25) is 4.68 Å². The van der Waals surface area contributed by atoms with Crippen LogP contribution in [-0.4, -0.2) is 24.3 Å². The molecule has 0 spiro atoms. The van der Waals surface area contributed by atoms with Crippen molar-refractivity contribution in [2.45, 2.75) is 25.4 Å². The van der Waals surface area contributed by atoms with Crippen molar-refractivity contribution >= 4 is 44.5 Å². The minimum atomic E-state index is 0.407. The fourth-order valence-corrected chi connectivity index (χ4v) is 4.48. The summed E-state index contributed by atoms with van der Waals surface area (Å²) in [5, 5.41) is 5.70. The maximum atomic E-state index is 4.77. The predicted octanol–water partition coefficient (Wildman–Crippen LogP) is 3.51. The van der Waals surface area contributed by atoms with E-state index in [1.165, 1.54) is 22.1 Å². The number of aromatic nitrogens is 5. The lowest BCUT2D eigenvalue weighted by atomic mass is 10.0. The van der Waals surface area contributed by atoms with Crippen molar-refractivity contribution in [3.8, 4) is 0 Å². The topological polar surface area (TPSA) is 51.4 Å². The molecule has 5 rings (SSSR count). The largest absolute Gasteiger partial charge is 0.361 e. The van der Waals surface area contributed by atoms with E-state index in [4.69, 9.17) is 4.98 Å². The fourth-order valence-electron chi connectivity index (χ4n) is 3.58. The quantitative estimate of drug-likeness (QED) is 0.495. The first-order valence-electron chi connectivity index (χ1n) is 7.45. The van der Waals surface area contributed by atoms with Gasteiger partial charge in [0.25, 0.3) is 0 Å². The number of benzene rings is 1. The third kappa shape index (κ3) is 1.70. The van der Waals surface area contributed by atoms with Crippen molar-refractivity contribution in [2.24, 2.45) is 0 Å². The molecule has 0 saturated carbocycles. The smallest absolute Gasteiger partial charge is 0.172 e. The minimum Gasteiger partial charge on any atom is -0.361 e. The highest BCUT2D eigenvalue weighted by Gasteiger charge is 2.24. The van der Waals surface area contributed by atoms with Crippen LogP contribution in [0.1, 0.15) is 18.2 Å². The van der Waals surface area contributed by atoms with Gasteiger partial charge in [0.1, 0.15) is 0 Å². The van der Waals surface area contributed by atoms with Crippen LogP contribution in [0.25, 0.3) is 21.9 Å². The number of nitrogens with one attached hydrogen (secondary N) is 1. The van der Waals surface area contributed by atoms with Crippen molar-refractivity contribution in [1.29, 1.82) is 0 Å². The monoisotopic (exact) mass is 403 g/mol. The maximum absolute atomic E-state index is 4.77. The Morgan fingerprint density at radius 2 is 2.18 bits per heavy atom. The Morgan fingerprint density at radius 1 is 1.23 bits per heavy atom. The van der Waals surface area contributed by atoms with Crippen LogP contribution in [0.3, 0.4) is 0 Å². The first-order chi connectivity index (χ1) is 10.8. The van der Waals surface area contributed by atoms with E-state index in [1.807, 2.05) is 12.4 Å². The maximum Gasteiger partial charge on any atom is 0.172 e. The Hall–Kier alpha value is -1.83. The molecule has 1 N–H and O–H groups in total. The van der Waals surface area contributed by atoms with Gasteiger partial charge in [0.2, 0.25) is 0 Å². The number of aromatic amines is 1. The van der Waals surface area contributed by atoms with Crippen molar-refractivity contribution in [3.05, 3.63) is 46.2 Å². The second kappa shape index (κ2) is 4.58. The van der Waals surface area contributed by atoms with Gasteiger partial charge < -0.3 is 9.55 Å². The van der Waals surface area contributed by atoms with Crippen LogP contribution in [0, 0.1) is 3.83 Å². The van der Waals surface area contributed by atoms with Crippen LogP contribution in [0.2, 0.25) is 0 Å². The molecule has 0 fully saturated rings. The van der Waals surface area contributed by atoms with Crippen LogP contribution >= 0.6 is 22.6 Å². The third-order valence-electron chi connectivity index (χ3n) is 4.62. The molecule has 3 aromatic heterocycles. The molecule has 0 saturated heterocycles. The normalized spacial score (nSPS) is 18.1. The van der Waals surface area contributed by atoms with Crippen molar-refractivity contribution in [2.75, 3.05) is 0 Å². The zero-order valence-corrected chi connectivity index (χ0v) is 14.0. The Morgan fingerprint density at radius 3 is 3.14 bits per heavy atom. The van der Waals surface area contributed by atoms with E-state index in [9.17, 15) is 0 Å². The van der Waals surface area contributed by atoms with Crippen LogP contribution in [0.4, 0.5) is 0 Å². The van der Waals surface area contributed by atoms with Gasteiger partial charge in [-0.05, 0) is 59.7 Å². The molecule has 110 valence electrons. The summed E-state index contributed by atoms with van der Waals surface area (Å²) in [6.07, 6.45) is 6.11. The lowest BCUT2D eigenvalue weighted by molar-refractivity contribution is 0.344. The molecule has 1 unspecified atom stereocenters. The summed E-state index contributed by atoms with van der Waals surface area (Å²) in [7, 11) is 0. The van der Waals surface area contributed by atoms with Gasteiger partial charge >= 0.3 is 0 Å². The molecule has 0 aliphatic carbocycles. The molecule has 1 aliphatic rings. The number of rotatable bonds is 1. The first kappa shape index (κ1) is 12.7. The lowest BCUT2D eigenvalue weighted by Gasteiger charge is -2.26. The lowest BCUT2D eigenvalue weighted by Crippen LogP contribution is -2.24. The van der Waals surface area contributed by atoms with Gasteiger partial charge in [-0.2, -0.15) is 5.10 Å². The third-order valence-corrected chi connectivity index (χ3v) is 5.39. The van der Waals surface area contributed by atoms with Gasteiger partial charge in [-0.1, -0.05) is 0 Å². The van der Waals surface area contributed by atoms with E-state index in [-0.39, 0.29) is 0 Å². The Kier molecular flexibility index (Phi) is 2.64. The van der Waals surface area contributed by atoms with Gasteiger partial charge in [-0.15, -0.1) is 0 Å². The van der Waals surface area contributed by atoms with Crippen LogP contribution in [0.15, 0.2) is 36.7 Å². The zero-order chi connectivity index (χ0) is 14.7. The summed E-state index contributed by atoms with van der Waals surface area (Å²) < 4.78 is 5.59. The number of hydrogen-bond donors (Lipinski definition) is 1. The van der Waals surface area contributed by atoms with Crippen LogP contribution in [0.5, 0.6) is 0 Å². The number of imidazole rings is 1. The zero-order valence-electron chi connectivity index (χ0n) is 11.8. The number of H-pyrrole nitrogens is 1. The SMILES string of the molecule is Ic1nc2ccc3[nH]ccc3c2n1C1CCc2ccnn2C1. The van der Waals surface area contributed by atoms with Crippen molar-refractivity contribution in [1.82, 2.24) is 24.3 Å². The van der Waals surface area contributed by atoms with E-state index < -0.39 is 0 Å². The molecular weight excluding hydrogens is 389 g/mol.